The highest BCUT2D eigenvalue weighted by atomic mass is 35.5. The van der Waals surface area contributed by atoms with Gasteiger partial charge in [-0.25, -0.2) is 0 Å². The highest BCUT2D eigenvalue weighted by Gasteiger charge is 2.40. The Kier molecular flexibility index (Phi) is 3.92. The van der Waals surface area contributed by atoms with Gasteiger partial charge in [-0.05, 0) is 42.5 Å². The van der Waals surface area contributed by atoms with Crippen LogP contribution in [0.15, 0.2) is 18.2 Å². The predicted molar refractivity (Wildman–Crippen MR) is 70.4 cm³/mol. The Hall–Kier alpha value is -0.770. The summed E-state index contributed by atoms with van der Waals surface area (Å²) in [6.07, 6.45) is 2.49. The van der Waals surface area contributed by atoms with Crippen molar-refractivity contribution in [1.29, 1.82) is 0 Å². The van der Waals surface area contributed by atoms with Crippen LogP contribution in [0, 0.1) is 5.41 Å². The maximum atomic E-state index is 6.16. The molecule has 3 N–H and O–H groups in total. The molecule has 0 amide bonds. The maximum absolute atomic E-state index is 6.16. The smallest absolute Gasteiger partial charge is 0.120 e. The second kappa shape index (κ2) is 5.25. The third-order valence-electron chi connectivity index (χ3n) is 3.47. The van der Waals surface area contributed by atoms with Crippen LogP contribution in [0.2, 0.25) is 5.02 Å². The highest BCUT2D eigenvalue weighted by Crippen LogP contribution is 2.43. The van der Waals surface area contributed by atoms with Crippen molar-refractivity contribution >= 4 is 11.6 Å². The lowest BCUT2D eigenvalue weighted by molar-refractivity contribution is 0.414. The topological polar surface area (TPSA) is 47.3 Å². The quantitative estimate of drug-likeness (QED) is 0.818. The molecule has 0 saturated heterocycles. The summed E-state index contributed by atoms with van der Waals surface area (Å²) in [6.45, 7) is 2.53. The average molecular weight is 255 g/mol. The largest absolute Gasteiger partial charge is 0.497 e. The van der Waals surface area contributed by atoms with E-state index in [4.69, 9.17) is 22.1 Å². The number of rotatable bonds is 6. The molecule has 1 aliphatic carbocycles. The molecule has 3 nitrogen and oxygen atoms in total. The van der Waals surface area contributed by atoms with Crippen LogP contribution in [-0.2, 0) is 6.54 Å². The first-order valence-electron chi connectivity index (χ1n) is 5.92. The Bertz CT molecular complexity index is 391. The molecule has 0 aliphatic heterocycles. The van der Waals surface area contributed by atoms with E-state index < -0.39 is 0 Å². The lowest BCUT2D eigenvalue weighted by Crippen LogP contribution is -2.29. The molecule has 2 rings (SSSR count). The molecule has 0 bridgehead atoms. The number of nitrogens with two attached hydrogens (primary N) is 1. The fourth-order valence-corrected chi connectivity index (χ4v) is 2.13. The Morgan fingerprint density at radius 3 is 2.76 bits per heavy atom. The first kappa shape index (κ1) is 12.7. The van der Waals surface area contributed by atoms with Gasteiger partial charge in [0.05, 0.1) is 7.11 Å². The molecule has 0 heterocycles. The average Bonchev–Trinajstić information content (AvgIpc) is 3.12. The van der Waals surface area contributed by atoms with Gasteiger partial charge >= 0.3 is 0 Å². The van der Waals surface area contributed by atoms with Crippen LogP contribution in [0.25, 0.3) is 0 Å². The molecule has 0 atom stereocenters. The lowest BCUT2D eigenvalue weighted by Gasteiger charge is -2.14. The molecule has 0 unspecified atom stereocenters. The molecule has 1 aromatic carbocycles. The number of nitrogens with one attached hydrogen (secondary N) is 1. The first-order chi connectivity index (χ1) is 8.19. The molecule has 0 spiro atoms. The zero-order valence-corrected chi connectivity index (χ0v) is 10.9. The van der Waals surface area contributed by atoms with Gasteiger partial charge in [0, 0.05) is 18.1 Å². The molecular formula is C13H19ClN2O. The highest BCUT2D eigenvalue weighted by molar-refractivity contribution is 6.31. The summed E-state index contributed by atoms with van der Waals surface area (Å²) < 4.78 is 5.11. The van der Waals surface area contributed by atoms with E-state index >= 15 is 0 Å². The van der Waals surface area contributed by atoms with Crippen LogP contribution >= 0.6 is 11.6 Å². The summed E-state index contributed by atoms with van der Waals surface area (Å²) in [4.78, 5) is 0. The van der Waals surface area contributed by atoms with Crippen molar-refractivity contribution in [2.24, 2.45) is 11.1 Å². The fraction of sp³-hybridized carbons (Fsp3) is 0.538. The summed E-state index contributed by atoms with van der Waals surface area (Å²) in [7, 11) is 1.64. The lowest BCUT2D eigenvalue weighted by atomic mass is 10.1. The molecule has 0 aromatic heterocycles. The predicted octanol–water partition coefficient (Wildman–Crippen LogP) is 2.18. The Labute approximate surface area is 107 Å². The van der Waals surface area contributed by atoms with Gasteiger partial charge in [-0.1, -0.05) is 17.7 Å². The molecule has 0 radical (unpaired) electrons. The van der Waals surface area contributed by atoms with Crippen LogP contribution in [0.4, 0.5) is 0 Å². The molecule has 1 saturated carbocycles. The Morgan fingerprint density at radius 2 is 2.24 bits per heavy atom. The van der Waals surface area contributed by atoms with Gasteiger partial charge in [0.1, 0.15) is 5.75 Å². The van der Waals surface area contributed by atoms with Crippen molar-refractivity contribution in [3.63, 3.8) is 0 Å². The van der Waals surface area contributed by atoms with Gasteiger partial charge < -0.3 is 15.8 Å². The van der Waals surface area contributed by atoms with Gasteiger partial charge in [-0.15, -0.1) is 0 Å². The van der Waals surface area contributed by atoms with E-state index in [9.17, 15) is 0 Å². The van der Waals surface area contributed by atoms with Crippen LogP contribution in [-0.4, -0.2) is 20.2 Å². The zero-order chi connectivity index (χ0) is 12.3. The van der Waals surface area contributed by atoms with Crippen LogP contribution in [0.1, 0.15) is 18.4 Å². The van der Waals surface area contributed by atoms with Crippen molar-refractivity contribution in [2.75, 3.05) is 20.2 Å². The van der Waals surface area contributed by atoms with Crippen molar-refractivity contribution in [3.05, 3.63) is 28.8 Å². The molecule has 4 heteroatoms. The number of ether oxygens (including phenoxy) is 1. The Balaban J connectivity index is 1.86. The van der Waals surface area contributed by atoms with E-state index in [1.165, 1.54) is 12.8 Å². The van der Waals surface area contributed by atoms with E-state index in [1.54, 1.807) is 7.11 Å². The number of hydrogen-bond acceptors (Lipinski definition) is 3. The number of benzene rings is 1. The van der Waals surface area contributed by atoms with Gasteiger partial charge in [-0.2, -0.15) is 0 Å². The van der Waals surface area contributed by atoms with Gasteiger partial charge in [0.25, 0.3) is 0 Å². The van der Waals surface area contributed by atoms with Crippen molar-refractivity contribution in [2.45, 2.75) is 19.4 Å². The van der Waals surface area contributed by atoms with Gasteiger partial charge in [-0.3, -0.25) is 0 Å². The van der Waals surface area contributed by atoms with Crippen LogP contribution in [0.3, 0.4) is 0 Å². The minimum Gasteiger partial charge on any atom is -0.497 e. The third kappa shape index (κ3) is 3.12. The van der Waals surface area contributed by atoms with Crippen LogP contribution in [0.5, 0.6) is 5.75 Å². The SMILES string of the molecule is COc1ccc(CNCC2(CN)CC2)c(Cl)c1. The number of halogens is 1. The summed E-state index contributed by atoms with van der Waals surface area (Å²) in [5.41, 5.74) is 7.19. The zero-order valence-electron chi connectivity index (χ0n) is 10.1. The second-order valence-electron chi connectivity index (χ2n) is 4.77. The van der Waals surface area contributed by atoms with E-state index in [0.29, 0.717) is 5.41 Å². The molecule has 1 aromatic rings. The first-order valence-corrected chi connectivity index (χ1v) is 6.30. The van der Waals surface area contributed by atoms with E-state index in [1.807, 2.05) is 18.2 Å². The minimum absolute atomic E-state index is 0.360. The van der Waals surface area contributed by atoms with E-state index in [-0.39, 0.29) is 0 Å². The number of methoxy groups -OCH3 is 1. The molecule has 94 valence electrons. The van der Waals surface area contributed by atoms with E-state index in [0.717, 1.165) is 36.0 Å². The Morgan fingerprint density at radius 1 is 1.47 bits per heavy atom. The van der Waals surface area contributed by atoms with Gasteiger partial charge in [0.15, 0.2) is 0 Å². The van der Waals surface area contributed by atoms with Crippen molar-refractivity contribution < 1.29 is 4.74 Å². The molecule has 1 aliphatic rings. The van der Waals surface area contributed by atoms with Crippen LogP contribution < -0.4 is 15.8 Å². The van der Waals surface area contributed by atoms with Crippen molar-refractivity contribution in [1.82, 2.24) is 5.32 Å². The standard InChI is InChI=1S/C13H19ClN2O/c1-17-11-3-2-10(12(14)6-11)7-16-9-13(8-15)4-5-13/h2-3,6,16H,4-5,7-9,15H2,1H3. The summed E-state index contributed by atoms with van der Waals surface area (Å²) >= 11 is 6.16. The fourth-order valence-electron chi connectivity index (χ4n) is 1.89. The molecule has 17 heavy (non-hydrogen) atoms. The summed E-state index contributed by atoms with van der Waals surface area (Å²) in [6, 6.07) is 5.77. The monoisotopic (exact) mass is 254 g/mol. The maximum Gasteiger partial charge on any atom is 0.120 e. The summed E-state index contributed by atoms with van der Waals surface area (Å²) in [5, 5.41) is 4.17. The number of hydrogen-bond donors (Lipinski definition) is 2. The molecule has 1 fully saturated rings. The third-order valence-corrected chi connectivity index (χ3v) is 3.82. The second-order valence-corrected chi connectivity index (χ2v) is 5.17. The molecular weight excluding hydrogens is 236 g/mol. The van der Waals surface area contributed by atoms with Gasteiger partial charge in [0.2, 0.25) is 0 Å². The normalized spacial score (nSPS) is 16.9. The van der Waals surface area contributed by atoms with E-state index in [2.05, 4.69) is 5.32 Å². The van der Waals surface area contributed by atoms with Crippen molar-refractivity contribution in [3.8, 4) is 5.75 Å². The minimum atomic E-state index is 0.360. The summed E-state index contributed by atoms with van der Waals surface area (Å²) in [5.74, 6) is 0.791.